The van der Waals surface area contributed by atoms with Crippen molar-refractivity contribution in [1.29, 1.82) is 5.26 Å². The summed E-state index contributed by atoms with van der Waals surface area (Å²) in [6.45, 7) is 8.18. The van der Waals surface area contributed by atoms with E-state index >= 15 is 0 Å². The Hall–Kier alpha value is -4.84. The van der Waals surface area contributed by atoms with Gasteiger partial charge in [0.15, 0.2) is 0 Å². The Balaban J connectivity index is 1.10. The second-order valence-electron chi connectivity index (χ2n) is 12.1. The van der Waals surface area contributed by atoms with Crippen LogP contribution in [0, 0.1) is 18.3 Å². The van der Waals surface area contributed by atoms with Crippen molar-refractivity contribution < 1.29 is 23.1 Å². The van der Waals surface area contributed by atoms with Crippen LogP contribution < -0.4 is 10.6 Å². The van der Waals surface area contributed by atoms with Gasteiger partial charge < -0.3 is 20.3 Å². The number of carbonyl (C=O) groups excluding carboxylic acids is 1. The van der Waals surface area contributed by atoms with Crippen LogP contribution >= 0.6 is 11.3 Å². The van der Waals surface area contributed by atoms with Crippen LogP contribution in [0.3, 0.4) is 0 Å². The average molecular weight is 689 g/mol. The quantitative estimate of drug-likeness (QED) is 0.139. The number of hydrogen-bond acceptors (Lipinski definition) is 9. The molecule has 1 amide bonds. The van der Waals surface area contributed by atoms with Crippen LogP contribution in [0.2, 0.25) is 0 Å². The third-order valence-corrected chi connectivity index (χ3v) is 9.96. The van der Waals surface area contributed by atoms with E-state index in [-0.39, 0.29) is 23.4 Å². The fourth-order valence-corrected chi connectivity index (χ4v) is 7.40. The molecule has 6 rings (SSSR count). The number of fused-ring (bicyclic) bond motifs is 2. The van der Waals surface area contributed by atoms with Crippen LogP contribution in [0.4, 0.5) is 24.8 Å². The first-order valence-electron chi connectivity index (χ1n) is 15.9. The Labute approximate surface area is 284 Å². The number of nitrogens with zero attached hydrogens (tertiary/aromatic N) is 6. The maximum atomic E-state index is 12.9. The van der Waals surface area contributed by atoms with Crippen molar-refractivity contribution in [2.45, 2.75) is 64.5 Å². The highest BCUT2D eigenvalue weighted by molar-refractivity contribution is 7.18. The number of carbonyl (C=O) groups is 1. The van der Waals surface area contributed by atoms with Crippen molar-refractivity contribution in [2.75, 3.05) is 23.7 Å². The number of amides is 1. The largest absolute Gasteiger partial charge is 0.393 e. The third-order valence-electron chi connectivity index (χ3n) is 8.92. The molecule has 14 heteroatoms. The number of pyridine rings is 1. The molecular formula is C35H35F3N8O2S. The monoisotopic (exact) mass is 688 g/mol. The number of aromatic nitrogens is 4. The van der Waals surface area contributed by atoms with Crippen LogP contribution in [0.15, 0.2) is 55.4 Å². The van der Waals surface area contributed by atoms with Gasteiger partial charge in [0.2, 0.25) is 5.91 Å². The van der Waals surface area contributed by atoms with E-state index in [2.05, 4.69) is 62.2 Å². The van der Waals surface area contributed by atoms with Gasteiger partial charge in [-0.15, -0.1) is 11.3 Å². The number of aliphatic hydroxyl groups is 1. The Morgan fingerprint density at radius 1 is 1.16 bits per heavy atom. The molecule has 1 aromatic carbocycles. The van der Waals surface area contributed by atoms with Crippen molar-refractivity contribution in [3.8, 4) is 6.07 Å². The van der Waals surface area contributed by atoms with Crippen LogP contribution in [-0.4, -0.2) is 60.7 Å². The lowest BCUT2D eigenvalue weighted by atomic mass is 10.0. The number of alkyl halides is 3. The molecule has 0 bridgehead atoms. The first-order chi connectivity index (χ1) is 23.5. The highest BCUT2D eigenvalue weighted by atomic mass is 32.1. The summed E-state index contributed by atoms with van der Waals surface area (Å²) in [7, 11) is 0. The number of nitriles is 1. The van der Waals surface area contributed by atoms with E-state index in [1.165, 1.54) is 11.9 Å². The highest BCUT2D eigenvalue weighted by Crippen LogP contribution is 2.33. The van der Waals surface area contributed by atoms with Gasteiger partial charge in [-0.25, -0.2) is 15.0 Å². The summed E-state index contributed by atoms with van der Waals surface area (Å²) >= 11 is 1.05. The topological polar surface area (TPSA) is 132 Å². The van der Waals surface area contributed by atoms with E-state index in [4.69, 9.17) is 0 Å². The first kappa shape index (κ1) is 34.0. The zero-order valence-electron chi connectivity index (χ0n) is 26.8. The second kappa shape index (κ2) is 14.3. The van der Waals surface area contributed by atoms with Crippen molar-refractivity contribution in [1.82, 2.24) is 24.4 Å². The highest BCUT2D eigenvalue weighted by Gasteiger charge is 2.29. The minimum atomic E-state index is -4.27. The van der Waals surface area contributed by atoms with Gasteiger partial charge in [-0.3, -0.25) is 9.69 Å². The molecule has 5 aromatic rings. The molecule has 1 aliphatic rings. The van der Waals surface area contributed by atoms with Crippen molar-refractivity contribution in [3.05, 3.63) is 88.3 Å². The van der Waals surface area contributed by atoms with E-state index in [0.717, 1.165) is 71.9 Å². The molecule has 0 aliphatic carbocycles. The molecule has 49 heavy (non-hydrogen) atoms. The van der Waals surface area contributed by atoms with E-state index in [1.54, 1.807) is 12.1 Å². The Morgan fingerprint density at radius 2 is 1.94 bits per heavy atom. The van der Waals surface area contributed by atoms with E-state index in [9.17, 15) is 28.3 Å². The molecule has 1 aliphatic heterocycles. The third kappa shape index (κ3) is 7.75. The predicted molar refractivity (Wildman–Crippen MR) is 183 cm³/mol. The lowest BCUT2D eigenvalue weighted by molar-refractivity contribution is -0.126. The van der Waals surface area contributed by atoms with Crippen LogP contribution in [0.1, 0.15) is 45.8 Å². The molecule has 0 saturated carbocycles. The predicted octanol–water partition coefficient (Wildman–Crippen LogP) is 6.26. The molecule has 4 aromatic heterocycles. The molecular weight excluding hydrogens is 653 g/mol. The van der Waals surface area contributed by atoms with Crippen LogP contribution in [0.25, 0.3) is 21.1 Å². The smallest absolute Gasteiger partial charge is 0.390 e. The summed E-state index contributed by atoms with van der Waals surface area (Å²) in [5.74, 6) is 0.519. The Kier molecular flexibility index (Phi) is 9.96. The SMILES string of the molecule is C=CC(=O)Nc1ccc(CCn2c(C#N)cc3c(C)c(CN4CCC(Nc5ncnc6sc(CC(F)(F)F)cc56)CC4)ccc32)c(CO)n1. The van der Waals surface area contributed by atoms with Gasteiger partial charge in [0.25, 0.3) is 0 Å². The number of aliphatic hydroxyl groups excluding tert-OH is 1. The number of hydrogen-bond donors (Lipinski definition) is 3. The van der Waals surface area contributed by atoms with E-state index in [1.807, 2.05) is 16.7 Å². The van der Waals surface area contributed by atoms with Crippen LogP contribution in [0.5, 0.6) is 0 Å². The minimum Gasteiger partial charge on any atom is -0.390 e. The summed E-state index contributed by atoms with van der Waals surface area (Å²) < 4.78 is 40.8. The second-order valence-corrected chi connectivity index (χ2v) is 13.2. The molecule has 0 atom stereocenters. The zero-order chi connectivity index (χ0) is 34.7. The van der Waals surface area contributed by atoms with Crippen LogP contribution in [-0.2, 0) is 37.3 Å². The number of rotatable bonds is 11. The van der Waals surface area contributed by atoms with Gasteiger partial charge in [0.05, 0.1) is 24.1 Å². The summed E-state index contributed by atoms with van der Waals surface area (Å²) in [5, 5.41) is 27.6. The zero-order valence-corrected chi connectivity index (χ0v) is 27.7. The van der Waals surface area contributed by atoms with Gasteiger partial charge in [-0.1, -0.05) is 18.7 Å². The standard InChI is InChI=1S/C35H35F3N8O2S/c1-3-32(48)44-31-7-5-22(29(19-47)43-31)8-13-46-25(17-39)14-27-21(2)23(4-6-30(27)46)18-45-11-9-24(10-12-45)42-33-28-15-26(16-35(36,37)38)49-34(28)41-20-40-33/h3-7,14-15,20,24,47H,1,8-13,16,18-19H2,2H3,(H,40,41,42)(H,43,44,48). The molecule has 0 spiro atoms. The summed E-state index contributed by atoms with van der Waals surface area (Å²) in [5.41, 5.74) is 5.08. The molecule has 0 unspecified atom stereocenters. The number of thiophene rings is 1. The fourth-order valence-electron chi connectivity index (χ4n) is 6.37. The summed E-state index contributed by atoms with van der Waals surface area (Å²) in [4.78, 5) is 27.7. The van der Waals surface area contributed by atoms with Gasteiger partial charge in [-0.2, -0.15) is 18.4 Å². The number of anilines is 2. The maximum Gasteiger partial charge on any atom is 0.393 e. The van der Waals surface area contributed by atoms with Crippen molar-refractivity contribution >= 4 is 50.0 Å². The number of benzene rings is 1. The molecule has 254 valence electrons. The van der Waals surface area contributed by atoms with Gasteiger partial charge >= 0.3 is 6.18 Å². The number of nitrogens with one attached hydrogen (secondary N) is 2. The van der Waals surface area contributed by atoms with E-state index in [0.29, 0.717) is 46.2 Å². The van der Waals surface area contributed by atoms with E-state index < -0.39 is 12.6 Å². The fraction of sp³-hybridized carbons (Fsp3) is 0.343. The average Bonchev–Trinajstić information content (AvgIpc) is 3.66. The van der Waals surface area contributed by atoms with Gasteiger partial charge in [0, 0.05) is 48.0 Å². The molecule has 5 heterocycles. The molecule has 3 N–H and O–H groups in total. The lowest BCUT2D eigenvalue weighted by Crippen LogP contribution is -2.39. The summed E-state index contributed by atoms with van der Waals surface area (Å²) in [6, 6.07) is 13.6. The van der Waals surface area contributed by atoms with Crippen molar-refractivity contribution in [2.24, 2.45) is 0 Å². The molecule has 0 radical (unpaired) electrons. The van der Waals surface area contributed by atoms with Gasteiger partial charge in [0.1, 0.15) is 34.6 Å². The number of piperidine rings is 1. The number of aryl methyl sites for hydroxylation is 3. The van der Waals surface area contributed by atoms with Crippen molar-refractivity contribution in [3.63, 3.8) is 0 Å². The molecule has 1 saturated heterocycles. The number of halogens is 3. The first-order valence-corrected chi connectivity index (χ1v) is 16.7. The normalized spacial score (nSPS) is 14.3. The number of likely N-dealkylation sites (tertiary alicyclic amines) is 1. The minimum absolute atomic E-state index is 0.139. The lowest BCUT2D eigenvalue weighted by Gasteiger charge is -2.33. The Bertz CT molecular complexity index is 2060. The molecule has 10 nitrogen and oxygen atoms in total. The maximum absolute atomic E-state index is 12.9. The molecule has 1 fully saturated rings. The van der Waals surface area contributed by atoms with Gasteiger partial charge in [-0.05, 0) is 73.2 Å². The summed E-state index contributed by atoms with van der Waals surface area (Å²) in [6.07, 6.45) is -0.463. The Morgan fingerprint density at radius 3 is 2.65 bits per heavy atom.